The Morgan fingerprint density at radius 2 is 1.86 bits per heavy atom. The van der Waals surface area contributed by atoms with Gasteiger partial charge in [0.15, 0.2) is 5.13 Å². The van der Waals surface area contributed by atoms with Crippen LogP contribution in [0.25, 0.3) is 11.3 Å². The average molecular weight is 442 g/mol. The molecule has 29 heavy (non-hydrogen) atoms. The van der Waals surface area contributed by atoms with Gasteiger partial charge in [0, 0.05) is 16.6 Å². The van der Waals surface area contributed by atoms with Gasteiger partial charge < -0.3 is 10.4 Å². The number of nitrogens with zero attached hydrogens (tertiary/aromatic N) is 2. The fourth-order valence-electron chi connectivity index (χ4n) is 2.49. The zero-order chi connectivity index (χ0) is 21.2. The van der Waals surface area contributed by atoms with E-state index in [1.165, 1.54) is 6.07 Å². The third-order valence-electron chi connectivity index (χ3n) is 3.71. The summed E-state index contributed by atoms with van der Waals surface area (Å²) in [7, 11) is 0. The largest absolute Gasteiger partial charge is 0.464 e. The van der Waals surface area contributed by atoms with Gasteiger partial charge in [-0.15, -0.1) is 11.3 Å². The van der Waals surface area contributed by atoms with Gasteiger partial charge in [-0.2, -0.15) is 13.2 Å². The summed E-state index contributed by atoms with van der Waals surface area (Å²) in [5, 5.41) is 12.7. The number of nitrogens with one attached hydrogen (secondary N) is 1. The monoisotopic (exact) mass is 441 g/mol. The van der Waals surface area contributed by atoms with Crippen LogP contribution in [0.1, 0.15) is 5.56 Å². The third kappa shape index (κ3) is 4.84. The van der Waals surface area contributed by atoms with E-state index in [-0.39, 0.29) is 10.8 Å². The molecule has 0 unspecified atom stereocenters. The quantitative estimate of drug-likeness (QED) is 0.361. The summed E-state index contributed by atoms with van der Waals surface area (Å²) < 4.78 is 38.9. The van der Waals surface area contributed by atoms with Crippen molar-refractivity contribution < 1.29 is 27.9 Å². The Morgan fingerprint density at radius 1 is 1.14 bits per heavy atom. The number of thiazole rings is 1. The number of aromatic nitrogens is 1. The fraction of sp³-hybridized carbons (Fsp3) is 0.0556. The van der Waals surface area contributed by atoms with E-state index in [2.05, 4.69) is 10.3 Å². The first-order valence-corrected chi connectivity index (χ1v) is 9.13. The van der Waals surface area contributed by atoms with Crippen molar-refractivity contribution in [2.24, 2.45) is 0 Å². The van der Waals surface area contributed by atoms with Gasteiger partial charge in [0.1, 0.15) is 0 Å². The van der Waals surface area contributed by atoms with Crippen molar-refractivity contribution in [3.63, 3.8) is 0 Å². The number of hydrogen-bond acceptors (Lipinski definition) is 4. The minimum Gasteiger partial charge on any atom is -0.464 e. The molecular weight excluding hydrogens is 431 g/mol. The lowest BCUT2D eigenvalue weighted by molar-refractivity contribution is -0.137. The smallest absolute Gasteiger partial charge is 0.418 e. The predicted molar refractivity (Wildman–Crippen MR) is 104 cm³/mol. The number of carboxylic acid groups (broad SMARTS) is 1. The van der Waals surface area contributed by atoms with Crippen LogP contribution in [-0.4, -0.2) is 21.6 Å². The second-order valence-corrected chi connectivity index (χ2v) is 6.84. The average Bonchev–Trinajstić information content (AvgIpc) is 3.10. The molecule has 0 aliphatic rings. The molecule has 0 fully saturated rings. The molecule has 0 aliphatic heterocycles. The number of alkyl halides is 3. The van der Waals surface area contributed by atoms with Crippen molar-refractivity contribution in [3.05, 3.63) is 59.5 Å². The topological polar surface area (TPSA) is 82.5 Å². The summed E-state index contributed by atoms with van der Waals surface area (Å²) in [4.78, 5) is 27.6. The highest BCUT2D eigenvalue weighted by Gasteiger charge is 2.32. The van der Waals surface area contributed by atoms with E-state index in [1.54, 1.807) is 29.6 Å². The Labute approximate surface area is 171 Å². The van der Waals surface area contributed by atoms with Gasteiger partial charge in [-0.25, -0.2) is 14.7 Å². The number of benzene rings is 2. The predicted octanol–water partition coefficient (Wildman–Crippen LogP) is 6.42. The van der Waals surface area contributed by atoms with Crippen LogP contribution in [-0.2, 0) is 6.18 Å². The first-order chi connectivity index (χ1) is 13.6. The van der Waals surface area contributed by atoms with Crippen molar-refractivity contribution in [2.45, 2.75) is 6.18 Å². The molecule has 0 bridgehead atoms. The van der Waals surface area contributed by atoms with Gasteiger partial charge >= 0.3 is 17.6 Å². The number of amides is 2. The summed E-state index contributed by atoms with van der Waals surface area (Å²) >= 11 is 6.24. The number of carbonyl (C=O) groups is 2. The molecule has 2 amide bonds. The Morgan fingerprint density at radius 3 is 2.52 bits per heavy atom. The molecule has 0 saturated carbocycles. The van der Waals surface area contributed by atoms with E-state index < -0.39 is 23.2 Å². The Bertz CT molecular complexity index is 1070. The number of carbonyl (C=O) groups excluding carboxylic acids is 1. The van der Waals surface area contributed by atoms with Gasteiger partial charge in [-0.05, 0) is 41.9 Å². The van der Waals surface area contributed by atoms with E-state index in [1.807, 2.05) is 0 Å². The molecule has 0 atom stereocenters. The highest BCUT2D eigenvalue weighted by atomic mass is 35.5. The molecule has 6 nitrogen and oxygen atoms in total. The molecule has 0 saturated heterocycles. The summed E-state index contributed by atoms with van der Waals surface area (Å²) in [6.45, 7) is 0. The second-order valence-electron chi connectivity index (χ2n) is 5.66. The minimum atomic E-state index is -4.61. The van der Waals surface area contributed by atoms with Crippen LogP contribution in [0.15, 0.2) is 53.9 Å². The number of hydrogen-bond donors (Lipinski definition) is 2. The molecule has 3 aromatic rings. The zero-order valence-corrected chi connectivity index (χ0v) is 15.8. The second kappa shape index (κ2) is 8.10. The molecule has 1 heterocycles. The first-order valence-electron chi connectivity index (χ1n) is 7.88. The summed E-state index contributed by atoms with van der Waals surface area (Å²) in [6, 6.07) is 10.5. The van der Waals surface area contributed by atoms with Crippen molar-refractivity contribution >= 4 is 50.9 Å². The highest BCUT2D eigenvalue weighted by molar-refractivity contribution is 7.14. The maximum atomic E-state index is 13.0. The molecular formula is C18H11ClF3N3O3S. The molecule has 1 aromatic heterocycles. The van der Waals surface area contributed by atoms with Gasteiger partial charge in [0.25, 0.3) is 0 Å². The summed E-state index contributed by atoms with van der Waals surface area (Å²) in [6.07, 6.45) is -6.09. The Hall–Kier alpha value is -3.11. The fourth-order valence-corrected chi connectivity index (χ4v) is 3.45. The maximum Gasteiger partial charge on any atom is 0.418 e. The molecule has 0 aliphatic carbocycles. The summed E-state index contributed by atoms with van der Waals surface area (Å²) in [5.74, 6) is 0. The van der Waals surface area contributed by atoms with E-state index >= 15 is 0 Å². The molecule has 3 rings (SSSR count). The van der Waals surface area contributed by atoms with Crippen LogP contribution in [0, 0.1) is 0 Å². The van der Waals surface area contributed by atoms with Gasteiger partial charge in [-0.3, -0.25) is 4.79 Å². The van der Waals surface area contributed by atoms with Gasteiger partial charge in [0.2, 0.25) is 0 Å². The lowest BCUT2D eigenvalue weighted by Gasteiger charge is -2.17. The zero-order valence-electron chi connectivity index (χ0n) is 14.3. The van der Waals surface area contributed by atoms with Crippen molar-refractivity contribution in [3.8, 4) is 11.3 Å². The lowest BCUT2D eigenvalue weighted by Crippen LogP contribution is -2.24. The van der Waals surface area contributed by atoms with Crippen molar-refractivity contribution in [2.75, 3.05) is 10.2 Å². The SMILES string of the molecule is O=C(Cl)Nc1cccc(-c2csc(N(C(=O)O)c3cccc(C(F)(F)F)c3)n2)c1. The molecule has 150 valence electrons. The minimum absolute atomic E-state index is 0.0291. The lowest BCUT2D eigenvalue weighted by atomic mass is 10.1. The number of rotatable bonds is 4. The number of anilines is 3. The van der Waals surface area contributed by atoms with Crippen LogP contribution in [0.4, 0.5) is 39.3 Å². The van der Waals surface area contributed by atoms with Crippen LogP contribution in [0.2, 0.25) is 0 Å². The van der Waals surface area contributed by atoms with Crippen LogP contribution >= 0.6 is 22.9 Å². The molecule has 2 aromatic carbocycles. The highest BCUT2D eigenvalue weighted by Crippen LogP contribution is 2.36. The van der Waals surface area contributed by atoms with Gasteiger partial charge in [0.05, 0.1) is 16.9 Å². The third-order valence-corrected chi connectivity index (χ3v) is 4.63. The van der Waals surface area contributed by atoms with E-state index in [0.717, 1.165) is 29.5 Å². The Balaban J connectivity index is 1.97. The van der Waals surface area contributed by atoms with E-state index in [9.17, 15) is 27.9 Å². The molecule has 0 spiro atoms. The molecule has 0 radical (unpaired) electrons. The maximum absolute atomic E-state index is 13.0. The van der Waals surface area contributed by atoms with Crippen LogP contribution < -0.4 is 10.2 Å². The standard InChI is InChI=1S/C18H11ClF3N3O3S/c19-15(26)23-12-5-1-3-10(7-12)14-9-29-16(24-14)25(17(27)28)13-6-2-4-11(8-13)18(20,21)22/h1-9H,(H,23,26)(H,27,28). The van der Waals surface area contributed by atoms with Crippen molar-refractivity contribution in [1.29, 1.82) is 0 Å². The normalized spacial score (nSPS) is 11.2. The van der Waals surface area contributed by atoms with Crippen LogP contribution in [0.3, 0.4) is 0 Å². The van der Waals surface area contributed by atoms with Crippen LogP contribution in [0.5, 0.6) is 0 Å². The summed E-state index contributed by atoms with van der Waals surface area (Å²) in [5.41, 5.74) is 0.197. The van der Waals surface area contributed by atoms with Crippen molar-refractivity contribution in [1.82, 2.24) is 4.98 Å². The first kappa shape index (κ1) is 20.6. The van der Waals surface area contributed by atoms with Gasteiger partial charge in [-0.1, -0.05) is 18.2 Å². The molecule has 2 N–H and O–H groups in total. The van der Waals surface area contributed by atoms with E-state index in [0.29, 0.717) is 21.8 Å². The Kier molecular flexibility index (Phi) is 5.76. The van der Waals surface area contributed by atoms with E-state index in [4.69, 9.17) is 11.6 Å². The molecule has 11 heteroatoms. The number of halogens is 4.